The van der Waals surface area contributed by atoms with Crippen LogP contribution in [0.1, 0.15) is 34.3 Å². The minimum absolute atomic E-state index is 0.0215. The van der Waals surface area contributed by atoms with E-state index < -0.39 is 0 Å². The molecule has 4 nitrogen and oxygen atoms in total. The number of amides is 1. The monoisotopic (exact) mass is 457 g/mol. The van der Waals surface area contributed by atoms with Gasteiger partial charge in [0, 0.05) is 37.0 Å². The van der Waals surface area contributed by atoms with E-state index in [1.165, 1.54) is 18.5 Å². The smallest absolute Gasteiger partial charge is 0.253 e. The normalized spacial score (nSPS) is 14.1. The van der Waals surface area contributed by atoms with Crippen molar-refractivity contribution in [2.75, 3.05) is 11.9 Å². The lowest BCUT2D eigenvalue weighted by Crippen LogP contribution is -2.26. The van der Waals surface area contributed by atoms with E-state index in [0.717, 1.165) is 33.6 Å². The number of carbonyl (C=O) groups is 1. The molecule has 4 aromatic rings. The number of aliphatic imine (C=N–C) groups is 1. The van der Waals surface area contributed by atoms with Crippen LogP contribution < -0.4 is 4.90 Å². The number of hydrogen-bond acceptors (Lipinski definition) is 3. The van der Waals surface area contributed by atoms with Gasteiger partial charge in [-0.15, -0.1) is 0 Å². The fourth-order valence-corrected chi connectivity index (χ4v) is 4.77. The summed E-state index contributed by atoms with van der Waals surface area (Å²) in [5.41, 5.74) is 8.54. The third-order valence-electron chi connectivity index (χ3n) is 6.76. The fraction of sp³-hybridized carbons (Fsp3) is 0.161. The van der Waals surface area contributed by atoms with Gasteiger partial charge in [0.05, 0.1) is 17.1 Å². The summed E-state index contributed by atoms with van der Waals surface area (Å²) in [5.74, 6) is 0.0215. The van der Waals surface area contributed by atoms with Gasteiger partial charge in [0.2, 0.25) is 0 Å². The molecule has 1 aliphatic heterocycles. The van der Waals surface area contributed by atoms with Crippen LogP contribution in [0.5, 0.6) is 0 Å². The number of nitrogens with zero attached hydrogens (tertiary/aromatic N) is 3. The Labute approximate surface area is 206 Å². The van der Waals surface area contributed by atoms with Crippen LogP contribution in [0.15, 0.2) is 102 Å². The van der Waals surface area contributed by atoms with Gasteiger partial charge in [-0.2, -0.15) is 0 Å². The van der Waals surface area contributed by atoms with E-state index in [0.29, 0.717) is 18.2 Å². The molecule has 4 aromatic carbocycles. The van der Waals surface area contributed by atoms with Crippen LogP contribution >= 0.6 is 0 Å². The zero-order chi connectivity index (χ0) is 23.8. The summed E-state index contributed by atoms with van der Waals surface area (Å²) in [7, 11) is 1.85. The molecule has 0 saturated heterocycles. The minimum Gasteiger partial charge on any atom is -0.337 e. The molecular weight excluding hydrogens is 430 g/mol. The molecule has 1 saturated carbocycles. The van der Waals surface area contributed by atoms with Crippen LogP contribution in [-0.4, -0.2) is 30.1 Å². The van der Waals surface area contributed by atoms with E-state index in [1.54, 1.807) is 4.90 Å². The van der Waals surface area contributed by atoms with Crippen molar-refractivity contribution in [1.82, 2.24) is 4.90 Å². The molecular formula is C31H27N3O. The molecule has 1 aliphatic carbocycles. The molecule has 1 amide bonds. The maximum Gasteiger partial charge on any atom is 0.253 e. The van der Waals surface area contributed by atoms with Crippen LogP contribution in [-0.2, 0) is 6.54 Å². The standard InChI is InChI=1S/C31H27N3O/c1-33(21-22-7-3-2-4-8-22)31(35)24-13-11-23(12-14-24)25-15-18-28-30(19-25)34(27-16-17-27)29-10-6-5-9-26(29)20-32-28/h2-15,18-20,27H,16-17,21H2,1H3. The average molecular weight is 458 g/mol. The first-order chi connectivity index (χ1) is 17.2. The van der Waals surface area contributed by atoms with Crippen molar-refractivity contribution in [2.24, 2.45) is 4.99 Å². The van der Waals surface area contributed by atoms with E-state index in [-0.39, 0.29) is 5.91 Å². The second-order valence-electron chi connectivity index (χ2n) is 9.35. The highest BCUT2D eigenvalue weighted by molar-refractivity contribution is 5.97. The lowest BCUT2D eigenvalue weighted by molar-refractivity contribution is 0.0785. The predicted octanol–water partition coefficient (Wildman–Crippen LogP) is 6.99. The number of benzene rings is 4. The molecule has 1 fully saturated rings. The topological polar surface area (TPSA) is 35.9 Å². The summed E-state index contributed by atoms with van der Waals surface area (Å²) in [5, 5.41) is 0. The molecule has 0 atom stereocenters. The van der Waals surface area contributed by atoms with Gasteiger partial charge >= 0.3 is 0 Å². The second kappa shape index (κ2) is 8.88. The van der Waals surface area contributed by atoms with Gasteiger partial charge in [-0.3, -0.25) is 9.79 Å². The van der Waals surface area contributed by atoms with Crippen molar-refractivity contribution in [3.05, 3.63) is 114 Å². The molecule has 0 unspecified atom stereocenters. The first-order valence-electron chi connectivity index (χ1n) is 12.1. The van der Waals surface area contributed by atoms with E-state index >= 15 is 0 Å². The summed E-state index contributed by atoms with van der Waals surface area (Å²) in [4.78, 5) is 22.0. The molecule has 35 heavy (non-hydrogen) atoms. The van der Waals surface area contributed by atoms with Crippen LogP contribution in [0.25, 0.3) is 11.1 Å². The van der Waals surface area contributed by atoms with Gasteiger partial charge < -0.3 is 9.80 Å². The van der Waals surface area contributed by atoms with Crippen molar-refractivity contribution in [3.63, 3.8) is 0 Å². The van der Waals surface area contributed by atoms with E-state index in [4.69, 9.17) is 4.99 Å². The van der Waals surface area contributed by atoms with E-state index in [1.807, 2.05) is 67.9 Å². The molecule has 4 heteroatoms. The number of hydrogen-bond donors (Lipinski definition) is 0. The average Bonchev–Trinajstić information content (AvgIpc) is 3.75. The molecule has 172 valence electrons. The molecule has 0 radical (unpaired) electrons. The lowest BCUT2D eigenvalue weighted by Gasteiger charge is -2.26. The number of fused-ring (bicyclic) bond motifs is 2. The van der Waals surface area contributed by atoms with Gasteiger partial charge in [-0.25, -0.2) is 0 Å². The first kappa shape index (κ1) is 21.4. The molecule has 0 aromatic heterocycles. The number of para-hydroxylation sites is 1. The van der Waals surface area contributed by atoms with Crippen LogP contribution in [0.3, 0.4) is 0 Å². The summed E-state index contributed by atoms with van der Waals surface area (Å²) in [6.45, 7) is 0.589. The summed E-state index contributed by atoms with van der Waals surface area (Å²) >= 11 is 0. The van der Waals surface area contributed by atoms with Gasteiger partial charge in [0.25, 0.3) is 5.91 Å². The zero-order valence-corrected chi connectivity index (χ0v) is 19.8. The van der Waals surface area contributed by atoms with Crippen molar-refractivity contribution in [3.8, 4) is 11.1 Å². The highest BCUT2D eigenvalue weighted by Gasteiger charge is 2.33. The van der Waals surface area contributed by atoms with Crippen LogP contribution in [0.2, 0.25) is 0 Å². The Morgan fingerprint density at radius 3 is 2.34 bits per heavy atom. The third-order valence-corrected chi connectivity index (χ3v) is 6.76. The SMILES string of the molecule is CN(Cc1ccccc1)C(=O)c1ccc(-c2ccc3c(c2)N(C2CC2)c2ccccc2C=N3)cc1. The number of anilines is 2. The molecule has 0 bridgehead atoms. The highest BCUT2D eigenvalue weighted by Crippen LogP contribution is 2.46. The fourth-order valence-electron chi connectivity index (χ4n) is 4.77. The summed E-state index contributed by atoms with van der Waals surface area (Å²) in [6, 6.07) is 33.5. The van der Waals surface area contributed by atoms with Crippen LogP contribution in [0.4, 0.5) is 17.1 Å². The Morgan fingerprint density at radius 2 is 1.57 bits per heavy atom. The second-order valence-corrected chi connectivity index (χ2v) is 9.35. The predicted molar refractivity (Wildman–Crippen MR) is 143 cm³/mol. The molecule has 0 spiro atoms. The Morgan fingerprint density at radius 1 is 0.857 bits per heavy atom. The van der Waals surface area contributed by atoms with Crippen LogP contribution in [0, 0.1) is 0 Å². The third kappa shape index (κ3) is 4.24. The maximum absolute atomic E-state index is 13.0. The molecule has 0 N–H and O–H groups in total. The van der Waals surface area contributed by atoms with E-state index in [2.05, 4.69) is 47.4 Å². The Bertz CT molecular complexity index is 1410. The van der Waals surface area contributed by atoms with Crippen molar-refractivity contribution >= 4 is 29.2 Å². The Balaban J connectivity index is 1.28. The van der Waals surface area contributed by atoms with Crippen molar-refractivity contribution in [2.45, 2.75) is 25.4 Å². The summed E-state index contributed by atoms with van der Waals surface area (Å²) < 4.78 is 0. The van der Waals surface area contributed by atoms with E-state index in [9.17, 15) is 4.79 Å². The zero-order valence-electron chi connectivity index (χ0n) is 19.8. The Kier molecular flexibility index (Phi) is 5.42. The number of carbonyl (C=O) groups excluding carboxylic acids is 1. The maximum atomic E-state index is 13.0. The Hall–Kier alpha value is -4.18. The van der Waals surface area contributed by atoms with Gasteiger partial charge in [-0.05, 0) is 59.9 Å². The lowest BCUT2D eigenvalue weighted by atomic mass is 10.0. The number of rotatable bonds is 5. The first-order valence-corrected chi connectivity index (χ1v) is 12.1. The quantitative estimate of drug-likeness (QED) is 0.324. The highest BCUT2D eigenvalue weighted by atomic mass is 16.2. The largest absolute Gasteiger partial charge is 0.337 e. The molecule has 2 aliphatic rings. The van der Waals surface area contributed by atoms with Crippen molar-refractivity contribution in [1.29, 1.82) is 0 Å². The minimum atomic E-state index is 0.0215. The van der Waals surface area contributed by atoms with Gasteiger partial charge in [-0.1, -0.05) is 66.7 Å². The molecule has 1 heterocycles. The van der Waals surface area contributed by atoms with Gasteiger partial charge in [0.15, 0.2) is 0 Å². The summed E-state index contributed by atoms with van der Waals surface area (Å²) in [6.07, 6.45) is 4.37. The molecule has 6 rings (SSSR count). The van der Waals surface area contributed by atoms with Crippen molar-refractivity contribution < 1.29 is 4.79 Å². The van der Waals surface area contributed by atoms with Gasteiger partial charge in [0.1, 0.15) is 0 Å².